The van der Waals surface area contributed by atoms with Crippen LogP contribution in [-0.2, 0) is 32.6 Å². The van der Waals surface area contributed by atoms with E-state index in [1.54, 1.807) is 36.4 Å². The first-order valence-electron chi connectivity index (χ1n) is 15.2. The van der Waals surface area contributed by atoms with Crippen molar-refractivity contribution in [3.05, 3.63) is 125 Å². The van der Waals surface area contributed by atoms with Crippen molar-refractivity contribution in [1.82, 2.24) is 10.2 Å². The predicted molar refractivity (Wildman–Crippen MR) is 182 cm³/mol. The van der Waals surface area contributed by atoms with Crippen LogP contribution in [0, 0.1) is 13.8 Å². The Hall–Kier alpha value is -4.63. The van der Waals surface area contributed by atoms with Crippen molar-refractivity contribution >= 4 is 27.5 Å². The summed E-state index contributed by atoms with van der Waals surface area (Å²) in [6.07, 6.45) is 0.240. The fourth-order valence-corrected chi connectivity index (χ4v) is 6.55. The van der Waals surface area contributed by atoms with E-state index in [4.69, 9.17) is 4.74 Å². The van der Waals surface area contributed by atoms with Gasteiger partial charge < -0.3 is 15.0 Å². The first-order valence-corrected chi connectivity index (χ1v) is 16.7. The minimum absolute atomic E-state index is 0.0465. The molecule has 0 spiro atoms. The van der Waals surface area contributed by atoms with Gasteiger partial charge in [-0.25, -0.2) is 8.42 Å². The van der Waals surface area contributed by atoms with Gasteiger partial charge in [0.05, 0.1) is 17.7 Å². The predicted octanol–water partition coefficient (Wildman–Crippen LogP) is 6.06. The van der Waals surface area contributed by atoms with Gasteiger partial charge in [-0.3, -0.25) is 13.9 Å². The molecule has 0 heterocycles. The summed E-state index contributed by atoms with van der Waals surface area (Å²) >= 11 is 0. The van der Waals surface area contributed by atoms with Crippen molar-refractivity contribution in [2.75, 3.05) is 18.0 Å². The zero-order valence-corrected chi connectivity index (χ0v) is 28.2. The number of nitrogens with zero attached hydrogens (tertiary/aromatic N) is 2. The second-order valence-electron chi connectivity index (χ2n) is 12.5. The van der Waals surface area contributed by atoms with Gasteiger partial charge in [-0.1, -0.05) is 83.9 Å². The molecule has 4 rings (SSSR count). The number of rotatable bonds is 12. The molecule has 0 aliphatic carbocycles. The lowest BCUT2D eigenvalue weighted by molar-refractivity contribution is -0.140. The Morgan fingerprint density at radius 2 is 1.46 bits per heavy atom. The summed E-state index contributed by atoms with van der Waals surface area (Å²) in [4.78, 5) is 30.2. The quantitative estimate of drug-likeness (QED) is 0.203. The fourth-order valence-electron chi connectivity index (χ4n) is 5.15. The van der Waals surface area contributed by atoms with Crippen molar-refractivity contribution in [1.29, 1.82) is 0 Å². The first-order chi connectivity index (χ1) is 21.8. The number of benzene rings is 4. The Morgan fingerprint density at radius 1 is 0.804 bits per heavy atom. The summed E-state index contributed by atoms with van der Waals surface area (Å²) in [5.74, 6) is -0.408. The molecule has 0 aromatic heterocycles. The van der Waals surface area contributed by atoms with Crippen molar-refractivity contribution in [3.63, 3.8) is 0 Å². The van der Waals surface area contributed by atoms with E-state index in [0.717, 1.165) is 26.6 Å². The third kappa shape index (κ3) is 8.97. The molecule has 0 aliphatic rings. The maximum Gasteiger partial charge on any atom is 0.264 e. The molecular weight excluding hydrogens is 598 g/mol. The van der Waals surface area contributed by atoms with Crippen LogP contribution in [0.2, 0.25) is 0 Å². The molecule has 0 saturated carbocycles. The molecule has 4 aromatic rings. The Kier molecular flexibility index (Phi) is 10.9. The lowest BCUT2D eigenvalue weighted by Gasteiger charge is -2.35. The number of carbonyl (C=O) groups excluding carboxylic acids is 2. The van der Waals surface area contributed by atoms with Crippen LogP contribution in [0.3, 0.4) is 0 Å². The van der Waals surface area contributed by atoms with Crippen LogP contribution in [0.25, 0.3) is 0 Å². The molecule has 0 fully saturated rings. The Balaban J connectivity index is 1.83. The minimum Gasteiger partial charge on any atom is -0.497 e. The highest BCUT2D eigenvalue weighted by molar-refractivity contribution is 7.92. The average molecular weight is 642 g/mol. The van der Waals surface area contributed by atoms with E-state index in [2.05, 4.69) is 5.32 Å². The second kappa shape index (κ2) is 14.6. The molecule has 0 unspecified atom stereocenters. The molecule has 242 valence electrons. The molecule has 1 atom stereocenters. The van der Waals surface area contributed by atoms with Gasteiger partial charge in [0.25, 0.3) is 10.0 Å². The van der Waals surface area contributed by atoms with E-state index in [1.165, 1.54) is 24.1 Å². The van der Waals surface area contributed by atoms with Crippen LogP contribution in [0.15, 0.2) is 108 Å². The number of methoxy groups -OCH3 is 1. The molecule has 0 aliphatic heterocycles. The van der Waals surface area contributed by atoms with Crippen molar-refractivity contribution in [2.45, 2.75) is 64.1 Å². The van der Waals surface area contributed by atoms with Crippen LogP contribution in [-0.4, -0.2) is 50.4 Å². The second-order valence-corrected chi connectivity index (χ2v) is 14.3. The number of anilines is 1. The topological polar surface area (TPSA) is 96.0 Å². The number of aryl methyl sites for hydroxylation is 2. The maximum atomic E-state index is 14.6. The summed E-state index contributed by atoms with van der Waals surface area (Å²) in [6.45, 7) is 9.05. The standard InChI is InChI=1S/C37H43N3O5S/c1-27-18-20-33(21-19-27)46(43,44)40(31-16-11-17-32(24-31)45-6)26-35(41)39(25-30-15-10-12-28(2)22-30)34(36(42)38-37(3,4)5)23-29-13-8-7-9-14-29/h7-22,24,34H,23,25-26H2,1-6H3,(H,38,42)/t34-/m0/s1. The summed E-state index contributed by atoms with van der Waals surface area (Å²) in [5, 5.41) is 3.05. The van der Waals surface area contributed by atoms with Crippen molar-refractivity contribution < 1.29 is 22.7 Å². The number of nitrogens with one attached hydrogen (secondary N) is 1. The minimum atomic E-state index is -4.21. The zero-order valence-electron chi connectivity index (χ0n) is 27.4. The van der Waals surface area contributed by atoms with E-state index in [9.17, 15) is 18.0 Å². The fraction of sp³-hybridized carbons (Fsp3) is 0.297. The average Bonchev–Trinajstić information content (AvgIpc) is 3.01. The van der Waals surface area contributed by atoms with Gasteiger partial charge in [0.1, 0.15) is 18.3 Å². The summed E-state index contributed by atoms with van der Waals surface area (Å²) in [6, 6.07) is 29.4. The normalized spacial score (nSPS) is 12.2. The van der Waals surface area contributed by atoms with Gasteiger partial charge in [-0.15, -0.1) is 0 Å². The lowest BCUT2D eigenvalue weighted by atomic mass is 10.0. The van der Waals surface area contributed by atoms with Crippen LogP contribution >= 0.6 is 0 Å². The van der Waals surface area contributed by atoms with E-state index >= 15 is 0 Å². The molecule has 9 heteroatoms. The van der Waals surface area contributed by atoms with E-state index < -0.39 is 34.1 Å². The highest BCUT2D eigenvalue weighted by Crippen LogP contribution is 2.28. The molecule has 4 aromatic carbocycles. The highest BCUT2D eigenvalue weighted by Gasteiger charge is 2.35. The largest absolute Gasteiger partial charge is 0.497 e. The maximum absolute atomic E-state index is 14.6. The Bertz CT molecular complexity index is 1750. The monoisotopic (exact) mass is 641 g/mol. The summed E-state index contributed by atoms with van der Waals surface area (Å²) in [5.41, 5.74) is 3.30. The number of ether oxygens (including phenoxy) is 1. The third-order valence-electron chi connectivity index (χ3n) is 7.43. The molecule has 0 bridgehead atoms. The third-order valence-corrected chi connectivity index (χ3v) is 9.22. The van der Waals surface area contributed by atoms with Gasteiger partial charge in [-0.2, -0.15) is 0 Å². The summed E-state index contributed by atoms with van der Waals surface area (Å²) in [7, 11) is -2.71. The molecule has 0 radical (unpaired) electrons. The lowest BCUT2D eigenvalue weighted by Crippen LogP contribution is -2.56. The highest BCUT2D eigenvalue weighted by atomic mass is 32.2. The zero-order chi connectivity index (χ0) is 33.5. The smallest absolute Gasteiger partial charge is 0.264 e. The van der Waals surface area contributed by atoms with Gasteiger partial charge in [0, 0.05) is 24.6 Å². The van der Waals surface area contributed by atoms with Crippen LogP contribution < -0.4 is 14.4 Å². The number of carbonyl (C=O) groups is 2. The Labute approximate surface area is 273 Å². The number of hydrogen-bond donors (Lipinski definition) is 1. The number of hydrogen-bond acceptors (Lipinski definition) is 5. The van der Waals surface area contributed by atoms with Crippen LogP contribution in [0.5, 0.6) is 5.75 Å². The molecule has 1 N–H and O–H groups in total. The number of amides is 2. The van der Waals surface area contributed by atoms with E-state index in [-0.39, 0.29) is 29.5 Å². The van der Waals surface area contributed by atoms with Crippen LogP contribution in [0.4, 0.5) is 5.69 Å². The first kappa shape index (κ1) is 34.2. The SMILES string of the molecule is COc1cccc(N(CC(=O)N(Cc2cccc(C)c2)[C@@H](Cc2ccccc2)C(=O)NC(C)(C)C)S(=O)(=O)c2ccc(C)cc2)c1. The molecule has 8 nitrogen and oxygen atoms in total. The van der Waals surface area contributed by atoms with Crippen molar-refractivity contribution in [3.8, 4) is 5.75 Å². The Morgan fingerprint density at radius 3 is 2.09 bits per heavy atom. The van der Waals surface area contributed by atoms with Gasteiger partial charge in [0.15, 0.2) is 0 Å². The van der Waals surface area contributed by atoms with Crippen molar-refractivity contribution in [2.24, 2.45) is 0 Å². The van der Waals surface area contributed by atoms with E-state index in [0.29, 0.717) is 5.75 Å². The van der Waals surface area contributed by atoms with Gasteiger partial charge >= 0.3 is 0 Å². The van der Waals surface area contributed by atoms with E-state index in [1.807, 2.05) is 89.2 Å². The molecular formula is C37H43N3O5S. The number of sulfonamides is 1. The van der Waals surface area contributed by atoms with Gasteiger partial charge in [0.2, 0.25) is 11.8 Å². The van der Waals surface area contributed by atoms with Crippen LogP contribution in [0.1, 0.15) is 43.0 Å². The molecule has 0 saturated heterocycles. The summed E-state index contributed by atoms with van der Waals surface area (Å²) < 4.78 is 34.9. The van der Waals surface area contributed by atoms with Gasteiger partial charge in [-0.05, 0) is 70.0 Å². The molecule has 2 amide bonds. The molecule has 46 heavy (non-hydrogen) atoms.